The summed E-state index contributed by atoms with van der Waals surface area (Å²) in [7, 11) is 1.64. The number of carbonyl (C=O) groups excluding carboxylic acids is 1. The molecular formula is C29H32N2O7. The number of hydrogen-bond acceptors (Lipinski definition) is 7. The lowest BCUT2D eigenvalue weighted by molar-refractivity contribution is -0.151. The van der Waals surface area contributed by atoms with Gasteiger partial charge in [-0.05, 0) is 42.3 Å². The van der Waals surface area contributed by atoms with E-state index in [1.165, 1.54) is 0 Å². The lowest BCUT2D eigenvalue weighted by atomic mass is 9.92. The van der Waals surface area contributed by atoms with Gasteiger partial charge in [-0.25, -0.2) is 0 Å². The fraction of sp³-hybridized carbons (Fsp3) is 0.345. The van der Waals surface area contributed by atoms with E-state index in [1.807, 2.05) is 54.7 Å². The van der Waals surface area contributed by atoms with E-state index in [9.17, 15) is 4.79 Å². The van der Waals surface area contributed by atoms with E-state index in [-0.39, 0.29) is 37.4 Å². The average Bonchev–Trinajstić information content (AvgIpc) is 3.56. The van der Waals surface area contributed by atoms with Crippen LogP contribution in [0.5, 0.6) is 5.75 Å². The van der Waals surface area contributed by atoms with Crippen molar-refractivity contribution in [2.45, 2.75) is 25.0 Å². The number of aliphatic hydroxyl groups is 1. The molecule has 0 fully saturated rings. The first-order chi connectivity index (χ1) is 18.7. The molecule has 0 saturated heterocycles. The molecule has 1 aliphatic rings. The highest BCUT2D eigenvalue weighted by Gasteiger charge is 2.30. The number of benzene rings is 2. The number of amides is 1. The summed E-state index contributed by atoms with van der Waals surface area (Å²) < 4.78 is 28.2. The lowest BCUT2D eigenvalue weighted by Gasteiger charge is -2.29. The van der Waals surface area contributed by atoms with Gasteiger partial charge < -0.3 is 38.8 Å². The number of rotatable bonds is 12. The molecule has 0 radical (unpaired) electrons. The molecule has 200 valence electrons. The van der Waals surface area contributed by atoms with Gasteiger partial charge in [0, 0.05) is 46.9 Å². The smallest absolute Gasteiger partial charge is 0.286 e. The fourth-order valence-electron chi connectivity index (χ4n) is 4.71. The first kappa shape index (κ1) is 25.8. The highest BCUT2D eigenvalue weighted by Crippen LogP contribution is 2.36. The fourth-order valence-corrected chi connectivity index (χ4v) is 4.71. The summed E-state index contributed by atoms with van der Waals surface area (Å²) in [5.41, 5.74) is 3.87. The number of ether oxygens (including phenoxy) is 4. The van der Waals surface area contributed by atoms with Crippen LogP contribution < -0.4 is 10.1 Å². The van der Waals surface area contributed by atoms with Crippen LogP contribution >= 0.6 is 0 Å². The highest BCUT2D eigenvalue weighted by molar-refractivity contribution is 5.92. The maximum atomic E-state index is 13.2. The molecule has 38 heavy (non-hydrogen) atoms. The van der Waals surface area contributed by atoms with Crippen LogP contribution in [0.15, 0.2) is 71.2 Å². The minimum Gasteiger partial charge on any atom is -0.497 e. The van der Waals surface area contributed by atoms with Gasteiger partial charge in [-0.3, -0.25) is 4.79 Å². The molecule has 4 aromatic rings. The Morgan fingerprint density at radius 1 is 1.16 bits per heavy atom. The normalized spacial score (nSPS) is 17.4. The number of allylic oxidation sites excluding steroid dienone is 1. The second-order valence-corrected chi connectivity index (χ2v) is 9.05. The number of furan rings is 1. The summed E-state index contributed by atoms with van der Waals surface area (Å²) >= 11 is 0. The Bertz CT molecular complexity index is 1410. The zero-order chi connectivity index (χ0) is 26.3. The molecule has 0 aliphatic carbocycles. The minimum absolute atomic E-state index is 0.0469. The van der Waals surface area contributed by atoms with Crippen LogP contribution in [-0.4, -0.2) is 62.4 Å². The summed E-state index contributed by atoms with van der Waals surface area (Å²) in [5.74, 6) is 0.574. The van der Waals surface area contributed by atoms with Crippen molar-refractivity contribution in [1.29, 1.82) is 0 Å². The maximum Gasteiger partial charge on any atom is 0.286 e. The summed E-state index contributed by atoms with van der Waals surface area (Å²) in [6.07, 6.45) is 6.07. The van der Waals surface area contributed by atoms with Crippen molar-refractivity contribution in [2.24, 2.45) is 0 Å². The molecule has 0 bridgehead atoms. The topological polar surface area (TPSA) is 115 Å². The van der Waals surface area contributed by atoms with Gasteiger partial charge in [-0.15, -0.1) is 0 Å². The number of carbonyl (C=O) groups is 1. The molecule has 2 atom stereocenters. The lowest BCUT2D eigenvalue weighted by Crippen LogP contribution is -2.34. The largest absolute Gasteiger partial charge is 0.497 e. The number of H-pyrrole nitrogens is 1. The zero-order valence-corrected chi connectivity index (χ0v) is 21.3. The number of fused-ring (bicyclic) bond motifs is 2. The van der Waals surface area contributed by atoms with Gasteiger partial charge in [0.1, 0.15) is 11.3 Å². The SMILES string of the molecule is COc1ccc2[nH]cc(CCNC(=O)C3=CC(c4coc5ccccc45)CC(OCCOCCO)O3)c2c1. The number of aromatic amines is 1. The standard InChI is InChI=1S/C29H32N2O7/c1-34-21-6-7-25-23(16-21)19(17-31-25)8-9-30-29(33)27-14-20(15-28(38-27)36-13-12-35-11-10-32)24-18-37-26-5-3-2-4-22(24)26/h2-7,14,16-18,20,28,31-32H,8-13,15H2,1H3,(H,30,33). The minimum atomic E-state index is -0.627. The van der Waals surface area contributed by atoms with Crippen LogP contribution in [0.25, 0.3) is 21.9 Å². The van der Waals surface area contributed by atoms with Gasteiger partial charge in [0.05, 0.1) is 39.8 Å². The van der Waals surface area contributed by atoms with Crippen LogP contribution in [0, 0.1) is 0 Å². The summed E-state index contributed by atoms with van der Waals surface area (Å²) in [6, 6.07) is 13.7. The van der Waals surface area contributed by atoms with Crippen LogP contribution in [-0.2, 0) is 25.4 Å². The first-order valence-corrected chi connectivity index (χ1v) is 12.7. The maximum absolute atomic E-state index is 13.2. The van der Waals surface area contributed by atoms with Crippen LogP contribution in [0.3, 0.4) is 0 Å². The monoisotopic (exact) mass is 520 g/mol. The third-order valence-corrected chi connectivity index (χ3v) is 6.61. The molecule has 2 aromatic heterocycles. The second kappa shape index (κ2) is 12.2. The van der Waals surface area contributed by atoms with Gasteiger partial charge in [-0.2, -0.15) is 0 Å². The third-order valence-electron chi connectivity index (χ3n) is 6.61. The molecule has 1 amide bonds. The molecule has 3 N–H and O–H groups in total. The molecular weight excluding hydrogens is 488 g/mol. The number of aliphatic hydroxyl groups excluding tert-OH is 1. The van der Waals surface area contributed by atoms with E-state index in [4.69, 9.17) is 28.5 Å². The zero-order valence-electron chi connectivity index (χ0n) is 21.3. The first-order valence-electron chi connectivity index (χ1n) is 12.7. The Kier molecular flexibility index (Phi) is 8.28. The number of nitrogens with one attached hydrogen (secondary N) is 2. The van der Waals surface area contributed by atoms with Crippen molar-refractivity contribution in [3.05, 3.63) is 77.9 Å². The van der Waals surface area contributed by atoms with Gasteiger partial charge >= 0.3 is 0 Å². The van der Waals surface area contributed by atoms with E-state index in [0.29, 0.717) is 26.0 Å². The van der Waals surface area contributed by atoms with E-state index in [0.717, 1.165) is 38.7 Å². The van der Waals surface area contributed by atoms with Gasteiger partial charge in [0.2, 0.25) is 6.29 Å². The molecule has 9 heteroatoms. The van der Waals surface area contributed by atoms with Crippen molar-refractivity contribution in [3.8, 4) is 5.75 Å². The van der Waals surface area contributed by atoms with Gasteiger partial charge in [0.25, 0.3) is 5.91 Å². The molecule has 5 rings (SSSR count). The molecule has 2 aromatic carbocycles. The third kappa shape index (κ3) is 5.85. The van der Waals surface area contributed by atoms with Crippen molar-refractivity contribution in [3.63, 3.8) is 0 Å². The number of para-hydroxylation sites is 1. The Balaban J connectivity index is 1.27. The van der Waals surface area contributed by atoms with Gasteiger partial charge in [0.15, 0.2) is 5.76 Å². The summed E-state index contributed by atoms with van der Waals surface area (Å²) in [6.45, 7) is 1.23. The Morgan fingerprint density at radius 3 is 2.92 bits per heavy atom. The number of aromatic nitrogens is 1. The van der Waals surface area contributed by atoms with E-state index < -0.39 is 6.29 Å². The Hall–Kier alpha value is -3.79. The Labute approximate surface area is 220 Å². The average molecular weight is 521 g/mol. The van der Waals surface area contributed by atoms with Crippen LogP contribution in [0.1, 0.15) is 23.5 Å². The highest BCUT2D eigenvalue weighted by atomic mass is 16.7. The number of methoxy groups -OCH3 is 1. The van der Waals surface area contributed by atoms with E-state index in [2.05, 4.69) is 10.3 Å². The quantitative estimate of drug-likeness (QED) is 0.242. The summed E-state index contributed by atoms with van der Waals surface area (Å²) in [5, 5.41) is 13.9. The molecule has 3 heterocycles. The molecule has 9 nitrogen and oxygen atoms in total. The van der Waals surface area contributed by atoms with E-state index >= 15 is 0 Å². The van der Waals surface area contributed by atoms with Crippen molar-refractivity contribution in [1.82, 2.24) is 10.3 Å². The number of hydrogen-bond donors (Lipinski definition) is 3. The summed E-state index contributed by atoms with van der Waals surface area (Å²) in [4.78, 5) is 16.4. The predicted octanol–water partition coefficient (Wildman–Crippen LogP) is 4.02. The van der Waals surface area contributed by atoms with Crippen molar-refractivity contribution in [2.75, 3.05) is 40.1 Å². The van der Waals surface area contributed by atoms with Crippen molar-refractivity contribution < 1.29 is 33.3 Å². The second-order valence-electron chi connectivity index (χ2n) is 9.05. The van der Waals surface area contributed by atoms with Crippen LogP contribution in [0.4, 0.5) is 0 Å². The van der Waals surface area contributed by atoms with E-state index in [1.54, 1.807) is 13.4 Å². The molecule has 1 aliphatic heterocycles. The van der Waals surface area contributed by atoms with Crippen molar-refractivity contribution >= 4 is 27.8 Å². The molecule has 0 spiro atoms. The predicted molar refractivity (Wildman–Crippen MR) is 142 cm³/mol. The van der Waals surface area contributed by atoms with Crippen LogP contribution in [0.2, 0.25) is 0 Å². The molecule has 2 unspecified atom stereocenters. The Morgan fingerprint density at radius 2 is 2.05 bits per heavy atom. The molecule has 0 saturated carbocycles. The van der Waals surface area contributed by atoms with Gasteiger partial charge in [-0.1, -0.05) is 18.2 Å².